The van der Waals surface area contributed by atoms with Gasteiger partial charge >= 0.3 is 5.97 Å². The number of benzene rings is 3. The molecule has 1 atom stereocenters. The van der Waals surface area contributed by atoms with Crippen molar-refractivity contribution in [3.63, 3.8) is 0 Å². The van der Waals surface area contributed by atoms with Gasteiger partial charge in [-0.25, -0.2) is 14.2 Å². The number of carboxylic acids is 1. The van der Waals surface area contributed by atoms with Crippen molar-refractivity contribution in [1.82, 2.24) is 14.9 Å². The summed E-state index contributed by atoms with van der Waals surface area (Å²) in [5.41, 5.74) is 3.79. The number of aromatic nitrogens is 2. The Balaban J connectivity index is 1.45. The molecule has 1 aliphatic carbocycles. The number of hydrogen-bond acceptors (Lipinski definition) is 4. The zero-order valence-electron chi connectivity index (χ0n) is 19.7. The fourth-order valence-corrected chi connectivity index (χ4v) is 5.34. The number of hydrogen-bond donors (Lipinski definition) is 2. The first-order valence-electron chi connectivity index (χ1n) is 12.3. The SMILES string of the molecule is O=C(O)c1ccc2nc(-c3ccc(-c4ccc(F)cc4)cc3)n(C[C@]3(C(=O)C4CC4)CCNC3)c2c1. The Morgan fingerprint density at radius 3 is 2.28 bits per heavy atom. The van der Waals surface area contributed by atoms with Crippen LogP contribution in [-0.2, 0) is 11.3 Å². The minimum absolute atomic E-state index is 0.132. The molecule has 182 valence electrons. The van der Waals surface area contributed by atoms with Gasteiger partial charge in [-0.2, -0.15) is 0 Å². The number of imidazole rings is 1. The van der Waals surface area contributed by atoms with Gasteiger partial charge in [0.05, 0.1) is 22.0 Å². The van der Waals surface area contributed by atoms with E-state index < -0.39 is 11.4 Å². The van der Waals surface area contributed by atoms with Crippen molar-refractivity contribution in [2.75, 3.05) is 13.1 Å². The van der Waals surface area contributed by atoms with Crippen LogP contribution in [0.1, 0.15) is 29.6 Å². The third-order valence-electron chi connectivity index (χ3n) is 7.49. The van der Waals surface area contributed by atoms with E-state index in [1.165, 1.54) is 12.1 Å². The number of nitrogens with zero attached hydrogens (tertiary/aromatic N) is 2. The summed E-state index contributed by atoms with van der Waals surface area (Å²) >= 11 is 0. The van der Waals surface area contributed by atoms with Crippen LogP contribution in [0, 0.1) is 17.2 Å². The van der Waals surface area contributed by atoms with Gasteiger partial charge in [-0.05, 0) is 67.3 Å². The molecule has 0 unspecified atom stereocenters. The molecule has 6 nitrogen and oxygen atoms in total. The van der Waals surface area contributed by atoms with Gasteiger partial charge in [0.25, 0.3) is 0 Å². The highest BCUT2D eigenvalue weighted by Crippen LogP contribution is 2.42. The number of carboxylic acid groups (broad SMARTS) is 1. The first-order chi connectivity index (χ1) is 17.4. The van der Waals surface area contributed by atoms with Gasteiger partial charge in [0, 0.05) is 24.6 Å². The van der Waals surface area contributed by atoms with E-state index in [0.29, 0.717) is 35.7 Å². The lowest BCUT2D eigenvalue weighted by Crippen LogP contribution is -2.39. The molecule has 2 aliphatic rings. The molecule has 1 aromatic heterocycles. The van der Waals surface area contributed by atoms with E-state index in [9.17, 15) is 19.1 Å². The van der Waals surface area contributed by atoms with E-state index in [0.717, 1.165) is 42.5 Å². The molecule has 4 aromatic rings. The van der Waals surface area contributed by atoms with Gasteiger partial charge < -0.3 is 15.0 Å². The quantitative estimate of drug-likeness (QED) is 0.379. The van der Waals surface area contributed by atoms with Gasteiger partial charge in [-0.1, -0.05) is 36.4 Å². The molecular formula is C29H26FN3O3. The number of aromatic carboxylic acids is 1. The number of fused-ring (bicyclic) bond motifs is 1. The Morgan fingerprint density at radius 2 is 1.67 bits per heavy atom. The highest BCUT2D eigenvalue weighted by atomic mass is 19.1. The molecule has 36 heavy (non-hydrogen) atoms. The summed E-state index contributed by atoms with van der Waals surface area (Å²) in [4.78, 5) is 30.0. The second-order valence-electron chi connectivity index (χ2n) is 9.96. The summed E-state index contributed by atoms with van der Waals surface area (Å²) in [6.07, 6.45) is 2.65. The lowest BCUT2D eigenvalue weighted by Gasteiger charge is -2.28. The average molecular weight is 484 g/mol. The molecule has 2 fully saturated rings. The van der Waals surface area contributed by atoms with Crippen LogP contribution < -0.4 is 5.32 Å². The average Bonchev–Trinajstić information content (AvgIpc) is 3.53. The zero-order valence-corrected chi connectivity index (χ0v) is 19.7. The van der Waals surface area contributed by atoms with Crippen LogP contribution in [-0.4, -0.2) is 39.5 Å². The highest BCUT2D eigenvalue weighted by Gasteiger charge is 2.48. The molecule has 1 saturated carbocycles. The van der Waals surface area contributed by atoms with E-state index in [1.807, 2.05) is 28.8 Å². The number of halogens is 1. The Labute approximate surface area is 207 Å². The van der Waals surface area contributed by atoms with Crippen LogP contribution in [0.5, 0.6) is 0 Å². The standard InChI is InChI=1S/C29H26FN3O3/c30-23-10-7-19(8-11-23)18-1-5-21(6-2-18)27-32-24-12-9-22(28(35)36)15-25(24)33(27)17-29(13-14-31-16-29)26(34)20-3-4-20/h1-2,5-12,15,20,31H,3-4,13-14,16-17H2,(H,35,36)/t29-/m0/s1. The van der Waals surface area contributed by atoms with Crippen molar-refractivity contribution >= 4 is 22.8 Å². The molecular weight excluding hydrogens is 457 g/mol. The third kappa shape index (κ3) is 3.99. The van der Waals surface area contributed by atoms with Crippen LogP contribution >= 0.6 is 0 Å². The van der Waals surface area contributed by atoms with Gasteiger partial charge in [-0.15, -0.1) is 0 Å². The van der Waals surface area contributed by atoms with Crippen molar-refractivity contribution in [2.45, 2.75) is 25.8 Å². The maximum atomic E-state index is 13.4. The van der Waals surface area contributed by atoms with E-state index >= 15 is 0 Å². The second kappa shape index (κ2) is 8.68. The summed E-state index contributed by atoms with van der Waals surface area (Å²) in [6.45, 7) is 1.85. The lowest BCUT2D eigenvalue weighted by atomic mass is 9.80. The van der Waals surface area contributed by atoms with Gasteiger partial charge in [0.2, 0.25) is 0 Å². The molecule has 1 saturated heterocycles. The lowest BCUT2D eigenvalue weighted by molar-refractivity contribution is -0.129. The number of ketones is 1. The molecule has 6 rings (SSSR count). The van der Waals surface area contributed by atoms with Crippen molar-refractivity contribution in [1.29, 1.82) is 0 Å². The third-order valence-corrected chi connectivity index (χ3v) is 7.49. The van der Waals surface area contributed by atoms with Crippen molar-refractivity contribution in [2.24, 2.45) is 11.3 Å². The fourth-order valence-electron chi connectivity index (χ4n) is 5.34. The van der Waals surface area contributed by atoms with Crippen molar-refractivity contribution in [3.05, 3.63) is 78.1 Å². The summed E-state index contributed by atoms with van der Waals surface area (Å²) < 4.78 is 15.4. The van der Waals surface area contributed by atoms with Gasteiger partial charge in [0.15, 0.2) is 0 Å². The van der Waals surface area contributed by atoms with Gasteiger partial charge in [0.1, 0.15) is 17.4 Å². The molecule has 0 spiro atoms. The maximum absolute atomic E-state index is 13.4. The maximum Gasteiger partial charge on any atom is 0.335 e. The largest absolute Gasteiger partial charge is 0.478 e. The predicted molar refractivity (Wildman–Crippen MR) is 135 cm³/mol. The molecule has 1 aliphatic heterocycles. The first-order valence-corrected chi connectivity index (χ1v) is 12.3. The number of carbonyl (C=O) groups is 2. The Hall–Kier alpha value is -3.84. The molecule has 7 heteroatoms. The number of nitrogens with one attached hydrogen (secondary N) is 1. The Bertz CT molecular complexity index is 1460. The molecule has 0 radical (unpaired) electrons. The van der Waals surface area contributed by atoms with E-state index in [-0.39, 0.29) is 17.3 Å². The summed E-state index contributed by atoms with van der Waals surface area (Å²) in [7, 11) is 0. The second-order valence-corrected chi connectivity index (χ2v) is 9.96. The summed E-state index contributed by atoms with van der Waals surface area (Å²) in [6, 6.07) is 19.2. The number of Topliss-reactive ketones (excluding diaryl/α,β-unsaturated/α-hetero) is 1. The minimum Gasteiger partial charge on any atom is -0.478 e. The van der Waals surface area contributed by atoms with Crippen LogP contribution in [0.2, 0.25) is 0 Å². The summed E-state index contributed by atoms with van der Waals surface area (Å²) in [5, 5.41) is 13.0. The molecule has 0 amide bonds. The van der Waals surface area contributed by atoms with E-state index in [2.05, 4.69) is 5.32 Å². The smallest absolute Gasteiger partial charge is 0.335 e. The first kappa shape index (κ1) is 22.6. The summed E-state index contributed by atoms with van der Waals surface area (Å²) in [5.74, 6) is -0.135. The van der Waals surface area contributed by atoms with Crippen molar-refractivity contribution < 1.29 is 19.1 Å². The minimum atomic E-state index is -0.999. The van der Waals surface area contributed by atoms with Crippen molar-refractivity contribution in [3.8, 4) is 22.5 Å². The van der Waals surface area contributed by atoms with Gasteiger partial charge in [-0.3, -0.25) is 4.79 Å². The predicted octanol–water partition coefficient (Wildman–Crippen LogP) is 5.17. The van der Waals surface area contributed by atoms with Crippen LogP contribution in [0.3, 0.4) is 0 Å². The normalized spacial score (nSPS) is 19.6. The van der Waals surface area contributed by atoms with Crippen LogP contribution in [0.15, 0.2) is 66.7 Å². The topological polar surface area (TPSA) is 84.2 Å². The Morgan fingerprint density at radius 1 is 1.00 bits per heavy atom. The van der Waals surface area contributed by atoms with Crippen LogP contribution in [0.4, 0.5) is 4.39 Å². The molecule has 0 bridgehead atoms. The Kier molecular flexibility index (Phi) is 5.45. The van der Waals surface area contributed by atoms with Crippen LogP contribution in [0.25, 0.3) is 33.5 Å². The highest BCUT2D eigenvalue weighted by molar-refractivity contribution is 5.94. The molecule has 3 aromatic carbocycles. The fraction of sp³-hybridized carbons (Fsp3) is 0.276. The van der Waals surface area contributed by atoms with E-state index in [1.54, 1.807) is 30.3 Å². The number of carbonyl (C=O) groups excluding carboxylic acids is 1. The monoisotopic (exact) mass is 483 g/mol. The molecule has 2 N–H and O–H groups in total. The number of rotatable bonds is 7. The zero-order chi connectivity index (χ0) is 24.9. The van der Waals surface area contributed by atoms with E-state index in [4.69, 9.17) is 4.98 Å². The molecule has 2 heterocycles.